The Morgan fingerprint density at radius 1 is 1.25 bits per heavy atom. The summed E-state index contributed by atoms with van der Waals surface area (Å²) in [6.07, 6.45) is 0.490. The minimum absolute atomic E-state index is 0.0778. The number of ketones is 1. The largest absolute Gasteiger partial charge is 0.483 e. The number of ether oxygens (including phenoxy) is 1. The van der Waals surface area contributed by atoms with Crippen LogP contribution in [0.4, 0.5) is 5.13 Å². The van der Waals surface area contributed by atoms with Gasteiger partial charge in [-0.3, -0.25) is 14.9 Å². The van der Waals surface area contributed by atoms with Crippen molar-refractivity contribution in [3.8, 4) is 17.0 Å². The first-order valence-electron chi connectivity index (χ1n) is 9.13. The molecular weight excluding hydrogens is 372 g/mol. The van der Waals surface area contributed by atoms with Crippen molar-refractivity contribution in [1.82, 2.24) is 4.98 Å². The Labute approximate surface area is 167 Å². The summed E-state index contributed by atoms with van der Waals surface area (Å²) in [6, 6.07) is 13.5. The fourth-order valence-electron chi connectivity index (χ4n) is 3.60. The van der Waals surface area contributed by atoms with Gasteiger partial charge in [0.15, 0.2) is 17.5 Å². The zero-order chi connectivity index (χ0) is 19.7. The van der Waals surface area contributed by atoms with Crippen LogP contribution in [0.3, 0.4) is 0 Å². The molecule has 142 valence electrons. The van der Waals surface area contributed by atoms with Gasteiger partial charge in [-0.05, 0) is 30.0 Å². The maximum atomic E-state index is 12.3. The topological polar surface area (TPSA) is 68.3 Å². The van der Waals surface area contributed by atoms with Gasteiger partial charge in [0.05, 0.1) is 11.3 Å². The van der Waals surface area contributed by atoms with Gasteiger partial charge >= 0.3 is 0 Å². The van der Waals surface area contributed by atoms with E-state index in [1.165, 1.54) is 11.3 Å². The van der Waals surface area contributed by atoms with Crippen LogP contribution < -0.4 is 10.1 Å². The molecule has 0 saturated heterocycles. The first-order valence-corrected chi connectivity index (χ1v) is 10.0. The summed E-state index contributed by atoms with van der Waals surface area (Å²) in [5.41, 5.74) is 4.56. The van der Waals surface area contributed by atoms with Crippen molar-refractivity contribution < 1.29 is 14.3 Å². The van der Waals surface area contributed by atoms with Crippen molar-refractivity contribution in [2.24, 2.45) is 0 Å². The Kier molecular flexibility index (Phi) is 4.96. The van der Waals surface area contributed by atoms with Gasteiger partial charge in [0, 0.05) is 17.4 Å². The van der Waals surface area contributed by atoms with Gasteiger partial charge in [-0.25, -0.2) is 4.98 Å². The number of carbonyl (C=O) groups is 2. The Bertz CT molecular complexity index is 1040. The van der Waals surface area contributed by atoms with Crippen LogP contribution in [0.1, 0.15) is 40.7 Å². The average Bonchev–Trinajstić information content (AvgIpc) is 3.27. The number of aromatic nitrogens is 1. The van der Waals surface area contributed by atoms with Gasteiger partial charge in [-0.1, -0.05) is 43.3 Å². The predicted molar refractivity (Wildman–Crippen MR) is 110 cm³/mol. The van der Waals surface area contributed by atoms with E-state index in [-0.39, 0.29) is 24.2 Å². The lowest BCUT2D eigenvalue weighted by Gasteiger charge is -2.13. The lowest BCUT2D eigenvalue weighted by atomic mass is 9.97. The summed E-state index contributed by atoms with van der Waals surface area (Å²) in [5.74, 6) is 0.441. The number of anilines is 1. The molecule has 0 aliphatic heterocycles. The molecule has 1 N–H and O–H groups in total. The summed E-state index contributed by atoms with van der Waals surface area (Å²) in [7, 11) is 0. The van der Waals surface area contributed by atoms with E-state index in [2.05, 4.69) is 10.3 Å². The molecule has 0 bridgehead atoms. The molecule has 1 aliphatic carbocycles. The van der Waals surface area contributed by atoms with Gasteiger partial charge in [0.2, 0.25) is 0 Å². The minimum Gasteiger partial charge on any atom is -0.483 e. The molecule has 1 aliphatic rings. The molecular formula is C22H20N2O3S. The molecule has 6 heteroatoms. The van der Waals surface area contributed by atoms with Crippen molar-refractivity contribution >= 4 is 28.2 Å². The number of amides is 1. The predicted octanol–water partition coefficient (Wildman–Crippen LogP) is 4.83. The molecule has 0 radical (unpaired) electrons. The highest BCUT2D eigenvalue weighted by atomic mass is 32.1. The second-order valence-corrected chi connectivity index (χ2v) is 7.80. The lowest BCUT2D eigenvalue weighted by molar-refractivity contribution is -0.118. The highest BCUT2D eigenvalue weighted by molar-refractivity contribution is 7.14. The SMILES string of the molecule is Cc1ccc(OCC(=O)Nc2nc(-c3ccccc3)cs2)c2c1C(C)CC2=O. The fourth-order valence-corrected chi connectivity index (χ4v) is 4.34. The molecule has 1 aromatic heterocycles. The second-order valence-electron chi connectivity index (χ2n) is 6.94. The van der Waals surface area contributed by atoms with E-state index < -0.39 is 0 Å². The maximum Gasteiger partial charge on any atom is 0.264 e. The zero-order valence-corrected chi connectivity index (χ0v) is 16.5. The van der Waals surface area contributed by atoms with Gasteiger partial charge in [-0.15, -0.1) is 11.3 Å². The van der Waals surface area contributed by atoms with Crippen LogP contribution in [-0.4, -0.2) is 23.3 Å². The molecule has 2 aromatic carbocycles. The van der Waals surface area contributed by atoms with Crippen molar-refractivity contribution in [3.05, 3.63) is 64.5 Å². The third kappa shape index (κ3) is 3.55. The van der Waals surface area contributed by atoms with Crippen LogP contribution in [0.5, 0.6) is 5.75 Å². The minimum atomic E-state index is -0.304. The number of nitrogens with one attached hydrogen (secondary N) is 1. The monoisotopic (exact) mass is 392 g/mol. The van der Waals surface area contributed by atoms with Crippen LogP contribution in [0.25, 0.3) is 11.3 Å². The van der Waals surface area contributed by atoms with Crippen LogP contribution >= 0.6 is 11.3 Å². The summed E-state index contributed by atoms with van der Waals surface area (Å²) in [5, 5.41) is 5.18. The second kappa shape index (κ2) is 7.56. The molecule has 1 heterocycles. The molecule has 4 rings (SSSR count). The number of nitrogens with zero attached hydrogens (tertiary/aromatic N) is 1. The number of thiazole rings is 1. The molecule has 1 amide bonds. The highest BCUT2D eigenvalue weighted by Gasteiger charge is 2.31. The molecule has 0 saturated carbocycles. The van der Waals surface area contributed by atoms with Crippen LogP contribution in [0, 0.1) is 6.92 Å². The highest BCUT2D eigenvalue weighted by Crippen LogP contribution is 2.40. The standard InChI is InChI=1S/C22H20N2O3S/c1-13-8-9-18(21-17(25)10-14(2)20(13)21)27-11-19(26)24-22-23-16(12-28-22)15-6-4-3-5-7-15/h3-9,12,14H,10-11H2,1-2H3,(H,23,24,26). The zero-order valence-electron chi connectivity index (χ0n) is 15.7. The Morgan fingerprint density at radius 2 is 2.04 bits per heavy atom. The molecule has 1 atom stereocenters. The number of hydrogen-bond donors (Lipinski definition) is 1. The third-order valence-electron chi connectivity index (χ3n) is 4.87. The number of carbonyl (C=O) groups excluding carboxylic acids is 2. The van der Waals surface area contributed by atoms with Gasteiger partial charge < -0.3 is 4.74 Å². The molecule has 0 fully saturated rings. The van der Waals surface area contributed by atoms with E-state index in [9.17, 15) is 9.59 Å². The van der Waals surface area contributed by atoms with Gasteiger partial charge in [0.1, 0.15) is 5.75 Å². The number of hydrogen-bond acceptors (Lipinski definition) is 5. The van der Waals surface area contributed by atoms with E-state index >= 15 is 0 Å². The molecule has 3 aromatic rings. The maximum absolute atomic E-state index is 12.3. The van der Waals surface area contributed by atoms with Crippen LogP contribution in [0.15, 0.2) is 47.8 Å². The fraction of sp³-hybridized carbons (Fsp3) is 0.227. The Morgan fingerprint density at radius 3 is 2.82 bits per heavy atom. The van der Waals surface area contributed by atoms with E-state index in [0.717, 1.165) is 22.4 Å². The summed E-state index contributed by atoms with van der Waals surface area (Å²) in [6.45, 7) is 3.87. The molecule has 28 heavy (non-hydrogen) atoms. The van der Waals surface area contributed by atoms with E-state index in [0.29, 0.717) is 22.9 Å². The first-order chi connectivity index (χ1) is 13.5. The van der Waals surface area contributed by atoms with E-state index in [4.69, 9.17) is 4.74 Å². The first kappa shape index (κ1) is 18.4. The van der Waals surface area contributed by atoms with Crippen molar-refractivity contribution in [1.29, 1.82) is 0 Å². The Balaban J connectivity index is 1.42. The van der Waals surface area contributed by atoms with Gasteiger partial charge in [-0.2, -0.15) is 0 Å². The van der Waals surface area contributed by atoms with Crippen molar-refractivity contribution in [2.75, 3.05) is 11.9 Å². The summed E-state index contributed by atoms with van der Waals surface area (Å²) >= 11 is 1.36. The van der Waals surface area contributed by atoms with Crippen molar-refractivity contribution in [2.45, 2.75) is 26.2 Å². The summed E-state index contributed by atoms with van der Waals surface area (Å²) < 4.78 is 5.69. The molecule has 0 spiro atoms. The quantitative estimate of drug-likeness (QED) is 0.675. The smallest absolute Gasteiger partial charge is 0.264 e. The van der Waals surface area contributed by atoms with Crippen molar-refractivity contribution in [3.63, 3.8) is 0 Å². The average molecular weight is 392 g/mol. The van der Waals surface area contributed by atoms with Crippen LogP contribution in [0.2, 0.25) is 0 Å². The molecule has 5 nitrogen and oxygen atoms in total. The number of fused-ring (bicyclic) bond motifs is 1. The van der Waals surface area contributed by atoms with E-state index in [1.807, 2.05) is 55.6 Å². The Hall–Kier alpha value is -2.99. The number of rotatable bonds is 5. The summed E-state index contributed by atoms with van der Waals surface area (Å²) in [4.78, 5) is 29.1. The number of benzene rings is 2. The molecule has 1 unspecified atom stereocenters. The third-order valence-corrected chi connectivity index (χ3v) is 5.63. The van der Waals surface area contributed by atoms with E-state index in [1.54, 1.807) is 6.07 Å². The van der Waals surface area contributed by atoms with Gasteiger partial charge in [0.25, 0.3) is 5.91 Å². The number of aryl methyl sites for hydroxylation is 1. The lowest BCUT2D eigenvalue weighted by Crippen LogP contribution is -2.20. The van der Waals surface area contributed by atoms with Crippen LogP contribution in [-0.2, 0) is 4.79 Å². The number of Topliss-reactive ketones (excluding diaryl/α,β-unsaturated/α-hetero) is 1. The normalized spacial score (nSPS) is 15.4.